The lowest BCUT2D eigenvalue weighted by molar-refractivity contribution is 0.103. The van der Waals surface area contributed by atoms with Gasteiger partial charge in [-0.3, -0.25) is 4.79 Å². The molecule has 0 unspecified atom stereocenters. The summed E-state index contributed by atoms with van der Waals surface area (Å²) in [6, 6.07) is 11.0. The zero-order valence-corrected chi connectivity index (χ0v) is 14.1. The van der Waals surface area contributed by atoms with E-state index in [4.69, 9.17) is 11.6 Å². The highest BCUT2D eigenvalue weighted by molar-refractivity contribution is 9.10. The van der Waals surface area contributed by atoms with Gasteiger partial charge in [-0.1, -0.05) is 27.5 Å². The standard InChI is InChI=1S/C14H11BrClNO3S/c1-17-21(19,20)13-8-10(4-7-12(13)16)14(18)9-2-5-11(15)6-3-9/h2-8,17H,1H3. The van der Waals surface area contributed by atoms with Crippen LogP contribution in [-0.2, 0) is 10.0 Å². The van der Waals surface area contributed by atoms with Crippen molar-refractivity contribution >= 4 is 43.3 Å². The number of ketones is 1. The Morgan fingerprint density at radius 1 is 1.10 bits per heavy atom. The molecule has 0 amide bonds. The van der Waals surface area contributed by atoms with Gasteiger partial charge in [-0.2, -0.15) is 0 Å². The van der Waals surface area contributed by atoms with Crippen LogP contribution in [0.1, 0.15) is 15.9 Å². The third-order valence-electron chi connectivity index (χ3n) is 2.86. The van der Waals surface area contributed by atoms with Gasteiger partial charge in [-0.15, -0.1) is 0 Å². The maximum Gasteiger partial charge on any atom is 0.241 e. The van der Waals surface area contributed by atoms with E-state index >= 15 is 0 Å². The number of nitrogens with one attached hydrogen (secondary N) is 1. The van der Waals surface area contributed by atoms with E-state index in [1.165, 1.54) is 25.2 Å². The molecule has 0 fully saturated rings. The van der Waals surface area contributed by atoms with Crippen LogP contribution >= 0.6 is 27.5 Å². The van der Waals surface area contributed by atoms with Crippen molar-refractivity contribution in [3.63, 3.8) is 0 Å². The van der Waals surface area contributed by atoms with Gasteiger partial charge >= 0.3 is 0 Å². The van der Waals surface area contributed by atoms with Crippen LogP contribution in [0, 0.1) is 0 Å². The van der Waals surface area contributed by atoms with Crippen molar-refractivity contribution in [2.24, 2.45) is 0 Å². The highest BCUT2D eigenvalue weighted by atomic mass is 79.9. The molecule has 0 atom stereocenters. The molecule has 0 radical (unpaired) electrons. The molecule has 0 aliphatic carbocycles. The van der Waals surface area contributed by atoms with Gasteiger partial charge in [0.1, 0.15) is 4.90 Å². The van der Waals surface area contributed by atoms with Gasteiger partial charge < -0.3 is 0 Å². The second kappa shape index (κ2) is 6.27. The van der Waals surface area contributed by atoms with Gasteiger partial charge in [0.2, 0.25) is 10.0 Å². The third-order valence-corrected chi connectivity index (χ3v) is 5.28. The van der Waals surface area contributed by atoms with Gasteiger partial charge in [0.25, 0.3) is 0 Å². The van der Waals surface area contributed by atoms with Crippen LogP contribution in [0.15, 0.2) is 51.8 Å². The quantitative estimate of drug-likeness (QED) is 0.818. The summed E-state index contributed by atoms with van der Waals surface area (Å²) in [5.41, 5.74) is 0.726. The number of hydrogen-bond acceptors (Lipinski definition) is 3. The topological polar surface area (TPSA) is 63.2 Å². The normalized spacial score (nSPS) is 11.4. The Bertz CT molecular complexity index is 788. The van der Waals surface area contributed by atoms with Crippen LogP contribution in [-0.4, -0.2) is 21.2 Å². The number of carbonyl (C=O) groups is 1. The highest BCUT2D eigenvalue weighted by Gasteiger charge is 2.19. The molecule has 21 heavy (non-hydrogen) atoms. The molecular formula is C14H11BrClNO3S. The van der Waals surface area contributed by atoms with E-state index in [1.54, 1.807) is 24.3 Å². The van der Waals surface area contributed by atoms with Crippen LogP contribution in [0.4, 0.5) is 0 Å². The fraction of sp³-hybridized carbons (Fsp3) is 0.0714. The molecule has 0 aromatic heterocycles. The van der Waals surface area contributed by atoms with Gasteiger partial charge in [0.15, 0.2) is 5.78 Å². The Labute approximate surface area is 136 Å². The second-order valence-electron chi connectivity index (χ2n) is 4.19. The van der Waals surface area contributed by atoms with Crippen molar-refractivity contribution in [2.75, 3.05) is 7.05 Å². The summed E-state index contributed by atoms with van der Waals surface area (Å²) in [6.07, 6.45) is 0. The van der Waals surface area contributed by atoms with Crippen LogP contribution in [0.2, 0.25) is 5.02 Å². The average molecular weight is 389 g/mol. The summed E-state index contributed by atoms with van der Waals surface area (Å²) < 4.78 is 26.8. The molecule has 0 saturated heterocycles. The fourth-order valence-electron chi connectivity index (χ4n) is 1.73. The molecule has 0 spiro atoms. The minimum atomic E-state index is -3.72. The second-order valence-corrected chi connectivity index (χ2v) is 7.37. The first-order valence-corrected chi connectivity index (χ1v) is 8.54. The largest absolute Gasteiger partial charge is 0.289 e. The number of halogens is 2. The Morgan fingerprint density at radius 2 is 1.67 bits per heavy atom. The molecule has 2 aromatic carbocycles. The van der Waals surface area contributed by atoms with Gasteiger partial charge in [-0.05, 0) is 49.5 Å². The van der Waals surface area contributed by atoms with Crippen molar-refractivity contribution in [3.8, 4) is 0 Å². The molecule has 0 bridgehead atoms. The van der Waals surface area contributed by atoms with E-state index in [0.29, 0.717) is 5.56 Å². The number of benzene rings is 2. The van der Waals surface area contributed by atoms with E-state index in [-0.39, 0.29) is 21.3 Å². The van der Waals surface area contributed by atoms with E-state index in [0.717, 1.165) is 4.47 Å². The monoisotopic (exact) mass is 387 g/mol. The minimum absolute atomic E-state index is 0.0664. The molecule has 0 aliphatic heterocycles. The Kier molecular flexibility index (Phi) is 4.83. The predicted octanol–water partition coefficient (Wildman–Crippen LogP) is 3.24. The highest BCUT2D eigenvalue weighted by Crippen LogP contribution is 2.24. The summed E-state index contributed by atoms with van der Waals surface area (Å²) in [7, 11) is -2.43. The zero-order chi connectivity index (χ0) is 15.6. The molecular weight excluding hydrogens is 378 g/mol. The average Bonchev–Trinajstić information content (AvgIpc) is 2.47. The van der Waals surface area contributed by atoms with E-state index < -0.39 is 10.0 Å². The van der Waals surface area contributed by atoms with Crippen LogP contribution in [0.3, 0.4) is 0 Å². The molecule has 7 heteroatoms. The van der Waals surface area contributed by atoms with Crippen LogP contribution in [0.5, 0.6) is 0 Å². The van der Waals surface area contributed by atoms with E-state index in [9.17, 15) is 13.2 Å². The number of hydrogen-bond donors (Lipinski definition) is 1. The molecule has 1 N–H and O–H groups in total. The van der Waals surface area contributed by atoms with Crippen molar-refractivity contribution in [2.45, 2.75) is 4.90 Å². The maximum atomic E-state index is 12.4. The number of rotatable bonds is 4. The summed E-state index contributed by atoms with van der Waals surface area (Å²) >= 11 is 9.19. The van der Waals surface area contributed by atoms with Crippen molar-refractivity contribution < 1.29 is 13.2 Å². The third kappa shape index (κ3) is 3.52. The van der Waals surface area contributed by atoms with E-state index in [2.05, 4.69) is 20.7 Å². The number of carbonyl (C=O) groups excluding carboxylic acids is 1. The van der Waals surface area contributed by atoms with Crippen molar-refractivity contribution in [3.05, 3.63) is 63.1 Å². The SMILES string of the molecule is CNS(=O)(=O)c1cc(C(=O)c2ccc(Br)cc2)ccc1Cl. The van der Waals surface area contributed by atoms with Gasteiger partial charge in [-0.25, -0.2) is 13.1 Å². The summed E-state index contributed by atoms with van der Waals surface area (Å²) in [6.45, 7) is 0. The fourth-order valence-corrected chi connectivity index (χ4v) is 3.24. The minimum Gasteiger partial charge on any atom is -0.289 e. The summed E-state index contributed by atoms with van der Waals surface area (Å²) in [5.74, 6) is -0.272. The molecule has 2 rings (SSSR count). The molecule has 0 heterocycles. The molecule has 0 aliphatic rings. The first-order chi connectivity index (χ1) is 9.85. The lowest BCUT2D eigenvalue weighted by Gasteiger charge is -2.08. The Hall–Kier alpha value is -1.21. The lowest BCUT2D eigenvalue weighted by Crippen LogP contribution is -2.19. The first kappa shape index (κ1) is 16.2. The summed E-state index contributed by atoms with van der Waals surface area (Å²) in [5, 5.41) is 0.0664. The van der Waals surface area contributed by atoms with Gasteiger partial charge in [0, 0.05) is 15.6 Å². The Balaban J connectivity index is 2.48. The lowest BCUT2D eigenvalue weighted by atomic mass is 10.0. The molecule has 110 valence electrons. The molecule has 4 nitrogen and oxygen atoms in total. The summed E-state index contributed by atoms with van der Waals surface area (Å²) in [4.78, 5) is 12.2. The molecule has 2 aromatic rings. The van der Waals surface area contributed by atoms with Crippen LogP contribution in [0.25, 0.3) is 0 Å². The van der Waals surface area contributed by atoms with Gasteiger partial charge in [0.05, 0.1) is 5.02 Å². The van der Waals surface area contributed by atoms with Crippen LogP contribution < -0.4 is 4.72 Å². The van der Waals surface area contributed by atoms with Crippen molar-refractivity contribution in [1.29, 1.82) is 0 Å². The Morgan fingerprint density at radius 3 is 2.24 bits per heavy atom. The van der Waals surface area contributed by atoms with E-state index in [1.807, 2.05) is 0 Å². The predicted molar refractivity (Wildman–Crippen MR) is 85.3 cm³/mol. The molecule has 0 saturated carbocycles. The maximum absolute atomic E-state index is 12.4. The zero-order valence-electron chi connectivity index (χ0n) is 10.9. The smallest absolute Gasteiger partial charge is 0.241 e. The van der Waals surface area contributed by atoms with Crippen molar-refractivity contribution in [1.82, 2.24) is 4.72 Å². The first-order valence-electron chi connectivity index (χ1n) is 5.88. The number of sulfonamides is 1.